The van der Waals surface area contributed by atoms with Crippen LogP contribution < -0.4 is 10.6 Å². The highest BCUT2D eigenvalue weighted by atomic mass is 35.5. The number of rotatable bonds is 5. The number of H-pyrrole nitrogens is 1. The summed E-state index contributed by atoms with van der Waals surface area (Å²) < 4.78 is 0. The van der Waals surface area contributed by atoms with Crippen LogP contribution in [0.5, 0.6) is 0 Å². The average molecular weight is 427 g/mol. The van der Waals surface area contributed by atoms with Crippen molar-refractivity contribution in [2.75, 3.05) is 13.1 Å². The van der Waals surface area contributed by atoms with Crippen LogP contribution in [-0.4, -0.2) is 39.2 Å². The van der Waals surface area contributed by atoms with Gasteiger partial charge in [0.25, 0.3) is 5.91 Å². The lowest BCUT2D eigenvalue weighted by atomic mass is 10.1. The molecule has 0 saturated heterocycles. The average Bonchev–Trinajstić information content (AvgIpc) is 3.29. The van der Waals surface area contributed by atoms with E-state index in [0.717, 1.165) is 40.6 Å². The van der Waals surface area contributed by atoms with Crippen LogP contribution in [0.4, 0.5) is 0 Å². The maximum atomic E-state index is 12.3. The molecule has 0 fully saturated rings. The van der Waals surface area contributed by atoms with Crippen LogP contribution in [0.25, 0.3) is 11.4 Å². The monoisotopic (exact) mass is 426 g/mol. The number of hydrogen-bond donors (Lipinski definition) is 3. The quantitative estimate of drug-likeness (QED) is 0.581. The van der Waals surface area contributed by atoms with Gasteiger partial charge in [-0.2, -0.15) is 5.10 Å². The minimum atomic E-state index is -0.136. The van der Waals surface area contributed by atoms with Crippen molar-refractivity contribution in [3.8, 4) is 11.4 Å². The minimum absolute atomic E-state index is 0. The zero-order valence-electron chi connectivity index (χ0n) is 14.4. The SMILES string of the molecule is Cl.Cl.O=C(NCCc1nc(-c2ccccn2)cs1)c1n[nH]c2c1CNCC2. The first kappa shape index (κ1) is 21.3. The largest absolute Gasteiger partial charge is 0.350 e. The second-order valence-corrected chi connectivity index (χ2v) is 6.75. The van der Waals surface area contributed by atoms with E-state index in [2.05, 4.69) is 30.8 Å². The fourth-order valence-corrected chi connectivity index (χ4v) is 3.63. The molecule has 0 atom stereocenters. The number of nitrogens with zero attached hydrogens (tertiary/aromatic N) is 3. The van der Waals surface area contributed by atoms with Crippen LogP contribution in [0, 0.1) is 0 Å². The fraction of sp³-hybridized carbons (Fsp3) is 0.294. The number of fused-ring (bicyclic) bond motifs is 1. The summed E-state index contributed by atoms with van der Waals surface area (Å²) in [4.78, 5) is 21.2. The molecule has 144 valence electrons. The number of aromatic amines is 1. The van der Waals surface area contributed by atoms with E-state index < -0.39 is 0 Å². The number of thiazole rings is 1. The molecular formula is C17H20Cl2N6OS. The van der Waals surface area contributed by atoms with Gasteiger partial charge in [0.15, 0.2) is 5.69 Å². The number of aromatic nitrogens is 4. The lowest BCUT2D eigenvalue weighted by Crippen LogP contribution is -2.29. The molecule has 27 heavy (non-hydrogen) atoms. The summed E-state index contributed by atoms with van der Waals surface area (Å²) in [6.07, 6.45) is 3.33. The summed E-state index contributed by atoms with van der Waals surface area (Å²) in [6.45, 7) is 2.14. The second kappa shape index (κ2) is 9.80. The van der Waals surface area contributed by atoms with Crippen molar-refractivity contribution in [2.45, 2.75) is 19.4 Å². The van der Waals surface area contributed by atoms with Crippen LogP contribution in [-0.2, 0) is 19.4 Å². The van der Waals surface area contributed by atoms with Gasteiger partial charge in [0, 0.05) is 55.3 Å². The standard InChI is InChI=1S/C17H18N6OS.2ClH/c24-17(16-11-9-18-7-4-12(11)22-23-16)20-8-5-15-21-14(10-25-15)13-3-1-2-6-19-13;;/h1-3,6,10,18H,4-5,7-9H2,(H,20,24)(H,22,23);2*1H. The Bertz CT molecular complexity index is 883. The lowest BCUT2D eigenvalue weighted by Gasteiger charge is -2.12. The maximum absolute atomic E-state index is 12.3. The van der Waals surface area contributed by atoms with Crippen molar-refractivity contribution in [2.24, 2.45) is 0 Å². The van der Waals surface area contributed by atoms with Gasteiger partial charge in [0.1, 0.15) is 0 Å². The van der Waals surface area contributed by atoms with E-state index in [1.807, 2.05) is 23.6 Å². The normalized spacial score (nSPS) is 12.4. The van der Waals surface area contributed by atoms with Crippen molar-refractivity contribution in [3.05, 3.63) is 51.7 Å². The highest BCUT2D eigenvalue weighted by molar-refractivity contribution is 7.09. The third-order valence-corrected chi connectivity index (χ3v) is 5.03. The summed E-state index contributed by atoms with van der Waals surface area (Å²) in [5.74, 6) is -0.136. The molecule has 0 unspecified atom stereocenters. The summed E-state index contributed by atoms with van der Waals surface area (Å²) in [7, 11) is 0. The predicted octanol–water partition coefficient (Wildman–Crippen LogP) is 2.39. The maximum Gasteiger partial charge on any atom is 0.272 e. The van der Waals surface area contributed by atoms with E-state index in [-0.39, 0.29) is 30.7 Å². The molecule has 3 N–H and O–H groups in total. The van der Waals surface area contributed by atoms with E-state index >= 15 is 0 Å². The van der Waals surface area contributed by atoms with Gasteiger partial charge in [0.2, 0.25) is 0 Å². The van der Waals surface area contributed by atoms with E-state index in [4.69, 9.17) is 0 Å². The van der Waals surface area contributed by atoms with E-state index in [1.165, 1.54) is 0 Å². The fourth-order valence-electron chi connectivity index (χ4n) is 2.84. The van der Waals surface area contributed by atoms with Crippen LogP contribution in [0.2, 0.25) is 0 Å². The van der Waals surface area contributed by atoms with Gasteiger partial charge < -0.3 is 10.6 Å². The van der Waals surface area contributed by atoms with Gasteiger partial charge >= 0.3 is 0 Å². The van der Waals surface area contributed by atoms with Gasteiger partial charge in [0.05, 0.1) is 16.4 Å². The number of halogens is 2. The molecule has 1 aliphatic heterocycles. The molecule has 4 rings (SSSR count). The molecule has 1 aliphatic rings. The first-order chi connectivity index (χ1) is 12.3. The highest BCUT2D eigenvalue weighted by Gasteiger charge is 2.21. The highest BCUT2D eigenvalue weighted by Crippen LogP contribution is 2.20. The third-order valence-electron chi connectivity index (χ3n) is 4.12. The Balaban J connectivity index is 0.00000131. The Kier molecular flexibility index (Phi) is 7.73. The van der Waals surface area contributed by atoms with Crippen LogP contribution in [0.15, 0.2) is 29.8 Å². The number of pyridine rings is 1. The summed E-state index contributed by atoms with van der Waals surface area (Å²) >= 11 is 1.58. The molecule has 10 heteroatoms. The smallest absolute Gasteiger partial charge is 0.272 e. The number of amides is 1. The molecule has 0 aromatic carbocycles. The topological polar surface area (TPSA) is 95.6 Å². The van der Waals surface area contributed by atoms with E-state index in [9.17, 15) is 4.79 Å². The summed E-state index contributed by atoms with van der Waals surface area (Å²) in [6, 6.07) is 5.77. The second-order valence-electron chi connectivity index (χ2n) is 5.80. The molecule has 0 radical (unpaired) electrons. The lowest BCUT2D eigenvalue weighted by molar-refractivity contribution is 0.0948. The van der Waals surface area contributed by atoms with Gasteiger partial charge in [-0.25, -0.2) is 4.98 Å². The molecule has 0 bridgehead atoms. The molecule has 3 aromatic heterocycles. The molecular weight excluding hydrogens is 407 g/mol. The van der Waals surface area contributed by atoms with Crippen molar-refractivity contribution >= 4 is 42.1 Å². The Morgan fingerprint density at radius 2 is 2.15 bits per heavy atom. The third kappa shape index (κ3) is 4.84. The molecule has 0 spiro atoms. The first-order valence-corrected chi connectivity index (χ1v) is 9.10. The van der Waals surface area contributed by atoms with Crippen molar-refractivity contribution < 1.29 is 4.79 Å². The summed E-state index contributed by atoms with van der Waals surface area (Å²) in [5.41, 5.74) is 4.28. The number of carbonyl (C=O) groups excluding carboxylic acids is 1. The molecule has 1 amide bonds. The number of carbonyl (C=O) groups is 1. The van der Waals surface area contributed by atoms with E-state index in [1.54, 1.807) is 17.5 Å². The minimum Gasteiger partial charge on any atom is -0.350 e. The van der Waals surface area contributed by atoms with Crippen molar-refractivity contribution in [3.63, 3.8) is 0 Å². The first-order valence-electron chi connectivity index (χ1n) is 8.22. The van der Waals surface area contributed by atoms with Gasteiger partial charge in [-0.05, 0) is 12.1 Å². The molecule has 3 aromatic rings. The van der Waals surface area contributed by atoms with Crippen molar-refractivity contribution in [1.29, 1.82) is 0 Å². The van der Waals surface area contributed by atoms with Gasteiger partial charge in [-0.1, -0.05) is 6.07 Å². The van der Waals surface area contributed by atoms with Gasteiger partial charge in [-0.15, -0.1) is 36.2 Å². The molecule has 7 nitrogen and oxygen atoms in total. The number of hydrogen-bond acceptors (Lipinski definition) is 6. The van der Waals surface area contributed by atoms with Gasteiger partial charge in [-0.3, -0.25) is 14.9 Å². The summed E-state index contributed by atoms with van der Waals surface area (Å²) in [5, 5.41) is 16.3. The van der Waals surface area contributed by atoms with E-state index in [0.29, 0.717) is 25.2 Å². The Labute approximate surface area is 173 Å². The van der Waals surface area contributed by atoms with Crippen LogP contribution in [0.3, 0.4) is 0 Å². The zero-order chi connectivity index (χ0) is 17.1. The Morgan fingerprint density at radius 1 is 1.26 bits per heavy atom. The molecule has 4 heterocycles. The van der Waals surface area contributed by atoms with Crippen LogP contribution >= 0.6 is 36.2 Å². The van der Waals surface area contributed by atoms with Crippen LogP contribution in [0.1, 0.15) is 26.8 Å². The molecule has 0 aliphatic carbocycles. The zero-order valence-corrected chi connectivity index (χ0v) is 16.8. The Hall–Kier alpha value is -2.00. The number of nitrogens with one attached hydrogen (secondary N) is 3. The molecule has 0 saturated carbocycles. The Morgan fingerprint density at radius 3 is 2.96 bits per heavy atom. The van der Waals surface area contributed by atoms with Crippen molar-refractivity contribution in [1.82, 2.24) is 30.8 Å². The predicted molar refractivity (Wildman–Crippen MR) is 110 cm³/mol.